The molecule has 1 fully saturated rings. The number of thiazole rings is 1. The fraction of sp³-hybridized carbons (Fsp3) is 0.227. The Labute approximate surface area is 191 Å². The van der Waals surface area contributed by atoms with Crippen LogP contribution in [-0.2, 0) is 9.59 Å². The largest absolute Gasteiger partial charge is 0.504 e. The lowest BCUT2D eigenvalue weighted by Gasteiger charge is -2.30. The second-order valence-electron chi connectivity index (χ2n) is 7.53. The van der Waals surface area contributed by atoms with Crippen molar-refractivity contribution < 1.29 is 19.4 Å². The number of methoxy groups -OCH3 is 1. The maximum atomic E-state index is 13.6. The first-order valence-electron chi connectivity index (χ1n) is 9.60. The van der Waals surface area contributed by atoms with Gasteiger partial charge in [-0.25, -0.2) is 4.90 Å². The van der Waals surface area contributed by atoms with E-state index in [0.717, 1.165) is 21.0 Å². The van der Waals surface area contributed by atoms with Gasteiger partial charge in [0.05, 0.1) is 23.7 Å². The SMILES string of the molecule is COc1cc([C@@H]2c3sc(=S)[nH]c3S[C@H]3C(=O)N(c4ccc(C)cc4)C(=O)[C@@H]23)ccc1O. The number of imide groups is 1. The zero-order valence-electron chi connectivity index (χ0n) is 16.6. The molecule has 2 aliphatic rings. The van der Waals surface area contributed by atoms with Crippen LogP contribution in [0.25, 0.3) is 0 Å². The standard InChI is InChI=1S/C22H18N2O4S3/c1-10-3-6-12(7-4-10)24-20(26)16-15(11-5-8-13(25)14(9-11)28-2)17-19(23-22(29)31-17)30-18(16)21(24)27/h3-9,15-16,18,25H,1-2H3,(H,23,29)/t15-,16-,18+/m0/s1. The number of aromatic hydroxyl groups is 1. The number of fused-ring (bicyclic) bond motifs is 2. The number of aryl methyl sites for hydroxylation is 1. The highest BCUT2D eigenvalue weighted by Crippen LogP contribution is 2.54. The monoisotopic (exact) mass is 470 g/mol. The van der Waals surface area contributed by atoms with Gasteiger partial charge < -0.3 is 14.8 Å². The van der Waals surface area contributed by atoms with Crippen LogP contribution in [0.3, 0.4) is 0 Å². The van der Waals surface area contributed by atoms with Gasteiger partial charge in [0.2, 0.25) is 11.8 Å². The van der Waals surface area contributed by atoms with Crippen LogP contribution < -0.4 is 9.64 Å². The first kappa shape index (κ1) is 20.3. The van der Waals surface area contributed by atoms with Gasteiger partial charge in [0.1, 0.15) is 5.25 Å². The van der Waals surface area contributed by atoms with Crippen molar-refractivity contribution in [3.05, 3.63) is 62.4 Å². The molecule has 2 amide bonds. The number of aromatic nitrogens is 1. The van der Waals surface area contributed by atoms with Crippen LogP contribution in [0.2, 0.25) is 0 Å². The number of hydrogen-bond acceptors (Lipinski definition) is 7. The van der Waals surface area contributed by atoms with Crippen molar-refractivity contribution in [1.29, 1.82) is 0 Å². The van der Waals surface area contributed by atoms with E-state index in [4.69, 9.17) is 17.0 Å². The molecule has 0 unspecified atom stereocenters. The Morgan fingerprint density at radius 2 is 1.87 bits per heavy atom. The van der Waals surface area contributed by atoms with E-state index in [0.29, 0.717) is 15.4 Å². The Kier molecular flexibility index (Phi) is 4.91. The lowest BCUT2D eigenvalue weighted by Crippen LogP contribution is -2.32. The number of carbonyl (C=O) groups is 2. The number of anilines is 1. The molecule has 3 aromatic rings. The van der Waals surface area contributed by atoms with Gasteiger partial charge >= 0.3 is 0 Å². The van der Waals surface area contributed by atoms with Crippen LogP contribution in [0.5, 0.6) is 11.5 Å². The number of hydrogen-bond donors (Lipinski definition) is 2. The fourth-order valence-electron chi connectivity index (χ4n) is 4.21. The molecule has 158 valence electrons. The lowest BCUT2D eigenvalue weighted by atomic mass is 9.83. The summed E-state index contributed by atoms with van der Waals surface area (Å²) in [7, 11) is 1.48. The molecular weight excluding hydrogens is 452 g/mol. The van der Waals surface area contributed by atoms with Gasteiger partial charge in [-0.05, 0) is 49.0 Å². The minimum Gasteiger partial charge on any atom is -0.504 e. The molecule has 5 rings (SSSR count). The molecule has 1 saturated heterocycles. The average Bonchev–Trinajstić information content (AvgIpc) is 3.24. The number of amides is 2. The van der Waals surface area contributed by atoms with Crippen molar-refractivity contribution in [3.63, 3.8) is 0 Å². The van der Waals surface area contributed by atoms with E-state index < -0.39 is 11.2 Å². The van der Waals surface area contributed by atoms with Crippen molar-refractivity contribution in [2.24, 2.45) is 5.92 Å². The van der Waals surface area contributed by atoms with E-state index in [1.54, 1.807) is 30.3 Å². The molecule has 0 bridgehead atoms. The first-order chi connectivity index (χ1) is 14.9. The van der Waals surface area contributed by atoms with E-state index in [2.05, 4.69) is 4.98 Å². The number of nitrogens with one attached hydrogen (secondary N) is 1. The number of nitrogens with zero attached hydrogens (tertiary/aromatic N) is 1. The van der Waals surface area contributed by atoms with Gasteiger partial charge in [0.25, 0.3) is 0 Å². The zero-order chi connectivity index (χ0) is 21.9. The smallest absolute Gasteiger partial charge is 0.248 e. The summed E-state index contributed by atoms with van der Waals surface area (Å²) in [6, 6.07) is 12.4. The summed E-state index contributed by atoms with van der Waals surface area (Å²) in [6.07, 6.45) is 0. The Morgan fingerprint density at radius 1 is 1.13 bits per heavy atom. The third kappa shape index (κ3) is 3.19. The molecule has 0 saturated carbocycles. The number of aromatic amines is 1. The predicted octanol–water partition coefficient (Wildman–Crippen LogP) is 4.62. The number of rotatable bonds is 3. The number of benzene rings is 2. The molecule has 2 aromatic carbocycles. The van der Waals surface area contributed by atoms with Crippen LogP contribution in [0.1, 0.15) is 21.9 Å². The predicted molar refractivity (Wildman–Crippen MR) is 123 cm³/mol. The second kappa shape index (κ2) is 7.51. The Bertz CT molecular complexity index is 1260. The van der Waals surface area contributed by atoms with Crippen LogP contribution in [-0.4, -0.2) is 34.3 Å². The number of H-pyrrole nitrogens is 1. The minimum atomic E-state index is -0.581. The third-order valence-corrected chi connectivity index (χ3v) is 8.43. The summed E-state index contributed by atoms with van der Waals surface area (Å²) in [5.74, 6) is -1.07. The lowest BCUT2D eigenvalue weighted by molar-refractivity contribution is -0.122. The molecule has 31 heavy (non-hydrogen) atoms. The molecule has 0 spiro atoms. The highest BCUT2D eigenvalue weighted by molar-refractivity contribution is 8.01. The fourth-order valence-corrected chi connectivity index (χ4v) is 7.17. The van der Waals surface area contributed by atoms with Crippen molar-refractivity contribution in [2.45, 2.75) is 23.1 Å². The van der Waals surface area contributed by atoms with Crippen molar-refractivity contribution in [3.8, 4) is 11.5 Å². The highest BCUT2D eigenvalue weighted by Gasteiger charge is 2.56. The van der Waals surface area contributed by atoms with E-state index in [9.17, 15) is 14.7 Å². The molecule has 3 heterocycles. The number of ether oxygens (including phenoxy) is 1. The molecule has 0 radical (unpaired) electrons. The van der Waals surface area contributed by atoms with Gasteiger partial charge in [-0.15, -0.1) is 11.3 Å². The molecule has 1 aromatic heterocycles. The van der Waals surface area contributed by atoms with E-state index in [-0.39, 0.29) is 23.5 Å². The normalized spacial score (nSPS) is 22.4. The quantitative estimate of drug-likeness (QED) is 0.429. The number of phenols is 1. The molecule has 9 heteroatoms. The van der Waals surface area contributed by atoms with Gasteiger partial charge in [-0.2, -0.15) is 0 Å². The van der Waals surface area contributed by atoms with Gasteiger partial charge in [-0.1, -0.05) is 35.5 Å². The van der Waals surface area contributed by atoms with Crippen LogP contribution >= 0.6 is 35.3 Å². The Hall–Kier alpha value is -2.62. The van der Waals surface area contributed by atoms with Crippen molar-refractivity contribution >= 4 is 52.8 Å². The molecular formula is C22H18N2O4S3. The van der Waals surface area contributed by atoms with Crippen molar-refractivity contribution in [1.82, 2.24) is 4.98 Å². The Balaban J connectivity index is 1.66. The molecule has 3 atom stereocenters. The van der Waals surface area contributed by atoms with Crippen LogP contribution in [0, 0.1) is 16.8 Å². The second-order valence-corrected chi connectivity index (χ2v) is 10.4. The summed E-state index contributed by atoms with van der Waals surface area (Å²) in [6.45, 7) is 1.96. The van der Waals surface area contributed by atoms with Crippen LogP contribution in [0.15, 0.2) is 47.5 Å². The number of phenolic OH excluding ortho intramolecular Hbond substituents is 1. The molecule has 0 aliphatic carbocycles. The molecule has 2 N–H and O–H groups in total. The maximum absolute atomic E-state index is 13.6. The number of thioether (sulfide) groups is 1. The zero-order valence-corrected chi connectivity index (χ0v) is 19.1. The topological polar surface area (TPSA) is 82.6 Å². The summed E-state index contributed by atoms with van der Waals surface area (Å²) in [4.78, 5) is 32.4. The summed E-state index contributed by atoms with van der Waals surface area (Å²) < 4.78 is 5.89. The summed E-state index contributed by atoms with van der Waals surface area (Å²) in [5.41, 5.74) is 2.43. The third-order valence-electron chi connectivity index (χ3n) is 5.68. The van der Waals surface area contributed by atoms with E-state index in [1.807, 2.05) is 19.1 Å². The Morgan fingerprint density at radius 3 is 2.58 bits per heavy atom. The first-order valence-corrected chi connectivity index (χ1v) is 11.7. The van der Waals surface area contributed by atoms with E-state index in [1.165, 1.54) is 35.1 Å². The molecule has 6 nitrogen and oxygen atoms in total. The van der Waals surface area contributed by atoms with Crippen molar-refractivity contribution in [2.75, 3.05) is 12.0 Å². The van der Waals surface area contributed by atoms with Crippen LogP contribution in [0.4, 0.5) is 5.69 Å². The number of carbonyl (C=O) groups excluding carboxylic acids is 2. The summed E-state index contributed by atoms with van der Waals surface area (Å²) in [5, 5.41) is 10.3. The van der Waals surface area contributed by atoms with E-state index >= 15 is 0 Å². The minimum absolute atomic E-state index is 0.0185. The average molecular weight is 471 g/mol. The summed E-state index contributed by atoms with van der Waals surface area (Å²) >= 11 is 8.14. The molecule has 2 aliphatic heterocycles. The highest BCUT2D eigenvalue weighted by atomic mass is 32.2. The van der Waals surface area contributed by atoms with Gasteiger partial charge in [-0.3, -0.25) is 9.59 Å². The maximum Gasteiger partial charge on any atom is 0.248 e. The van der Waals surface area contributed by atoms with Gasteiger partial charge in [0, 0.05) is 10.8 Å². The van der Waals surface area contributed by atoms with Gasteiger partial charge in [0.15, 0.2) is 15.5 Å².